The van der Waals surface area contributed by atoms with Crippen molar-refractivity contribution in [3.63, 3.8) is 0 Å². The van der Waals surface area contributed by atoms with Gasteiger partial charge in [0.25, 0.3) is 0 Å². The molecule has 20 heavy (non-hydrogen) atoms. The van der Waals surface area contributed by atoms with Gasteiger partial charge in [-0.15, -0.1) is 0 Å². The molecule has 0 heterocycles. The van der Waals surface area contributed by atoms with Gasteiger partial charge < -0.3 is 15.7 Å². The number of amides is 2. The monoisotopic (exact) mass is 304 g/mol. The van der Waals surface area contributed by atoms with Gasteiger partial charge in [-0.2, -0.15) is 11.8 Å². The van der Waals surface area contributed by atoms with Crippen LogP contribution in [0.3, 0.4) is 0 Å². The molecule has 6 heteroatoms. The highest BCUT2D eigenvalue weighted by molar-refractivity contribution is 7.98. The average molecular weight is 304 g/mol. The fourth-order valence-corrected chi connectivity index (χ4v) is 2.63. The van der Waals surface area contributed by atoms with E-state index in [-0.39, 0.29) is 12.5 Å². The van der Waals surface area contributed by atoms with Crippen LogP contribution in [-0.4, -0.2) is 42.2 Å². The number of rotatable bonds is 11. The van der Waals surface area contributed by atoms with Gasteiger partial charge >= 0.3 is 12.0 Å². The molecule has 0 aliphatic carbocycles. The Kier molecular flexibility index (Phi) is 11.3. The molecule has 3 N–H and O–H groups in total. The van der Waals surface area contributed by atoms with Gasteiger partial charge in [0.2, 0.25) is 0 Å². The Morgan fingerprint density at radius 3 is 2.50 bits per heavy atom. The van der Waals surface area contributed by atoms with Crippen LogP contribution < -0.4 is 10.6 Å². The van der Waals surface area contributed by atoms with Crippen LogP contribution in [-0.2, 0) is 4.79 Å². The van der Waals surface area contributed by atoms with Crippen LogP contribution >= 0.6 is 11.8 Å². The van der Waals surface area contributed by atoms with Gasteiger partial charge in [-0.3, -0.25) is 4.79 Å². The number of nitrogens with one attached hydrogen (secondary N) is 2. The molecule has 0 aromatic rings. The molecule has 0 saturated heterocycles. The van der Waals surface area contributed by atoms with Crippen molar-refractivity contribution in [1.82, 2.24) is 10.6 Å². The third-order valence-corrected chi connectivity index (χ3v) is 4.15. The molecule has 0 spiro atoms. The van der Waals surface area contributed by atoms with E-state index < -0.39 is 5.97 Å². The first kappa shape index (κ1) is 19.1. The Labute approximate surface area is 126 Å². The van der Waals surface area contributed by atoms with E-state index in [2.05, 4.69) is 30.7 Å². The molecule has 2 atom stereocenters. The number of carbonyl (C=O) groups is 2. The number of hydrogen-bond acceptors (Lipinski definition) is 3. The van der Waals surface area contributed by atoms with Gasteiger partial charge in [0, 0.05) is 19.5 Å². The van der Waals surface area contributed by atoms with E-state index in [0.29, 0.717) is 31.3 Å². The summed E-state index contributed by atoms with van der Waals surface area (Å²) in [5.41, 5.74) is 0. The number of aliphatic carboxylic acids is 1. The smallest absolute Gasteiger partial charge is 0.314 e. The third-order valence-electron chi connectivity index (χ3n) is 3.24. The van der Waals surface area contributed by atoms with Gasteiger partial charge in [-0.25, -0.2) is 4.79 Å². The lowest BCUT2D eigenvalue weighted by atomic mass is 9.97. The Morgan fingerprint density at radius 2 is 1.95 bits per heavy atom. The van der Waals surface area contributed by atoms with Crippen LogP contribution in [0.5, 0.6) is 0 Å². The molecule has 0 aromatic heterocycles. The van der Waals surface area contributed by atoms with Gasteiger partial charge in [0.15, 0.2) is 0 Å². The highest BCUT2D eigenvalue weighted by atomic mass is 32.2. The van der Waals surface area contributed by atoms with E-state index in [1.807, 2.05) is 0 Å². The number of carboxylic acids is 1. The van der Waals surface area contributed by atoms with Crippen LogP contribution in [0.2, 0.25) is 0 Å². The Bertz CT molecular complexity index is 288. The highest BCUT2D eigenvalue weighted by Crippen LogP contribution is 2.14. The predicted octanol–water partition coefficient (Wildman–Crippen LogP) is 2.57. The Hall–Kier alpha value is -0.910. The second-order valence-corrected chi connectivity index (χ2v) is 6.10. The zero-order valence-corrected chi connectivity index (χ0v) is 13.6. The van der Waals surface area contributed by atoms with Crippen LogP contribution in [0.1, 0.15) is 39.5 Å². The molecule has 0 fully saturated rings. The summed E-state index contributed by atoms with van der Waals surface area (Å²) < 4.78 is 0. The Morgan fingerprint density at radius 1 is 1.25 bits per heavy atom. The minimum absolute atomic E-state index is 0.133. The zero-order valence-electron chi connectivity index (χ0n) is 12.8. The first-order chi connectivity index (χ1) is 9.49. The van der Waals surface area contributed by atoms with E-state index in [1.54, 1.807) is 11.8 Å². The lowest BCUT2D eigenvalue weighted by Gasteiger charge is -2.15. The van der Waals surface area contributed by atoms with Crippen molar-refractivity contribution in [3.8, 4) is 0 Å². The number of urea groups is 1. The van der Waals surface area contributed by atoms with E-state index in [9.17, 15) is 9.59 Å². The summed E-state index contributed by atoms with van der Waals surface area (Å²) in [7, 11) is 0. The average Bonchev–Trinajstić information content (AvgIpc) is 2.40. The van der Waals surface area contributed by atoms with Gasteiger partial charge in [-0.1, -0.05) is 20.3 Å². The number of carbonyl (C=O) groups excluding carboxylic acids is 1. The van der Waals surface area contributed by atoms with Crippen molar-refractivity contribution in [2.75, 3.05) is 25.1 Å². The standard InChI is InChI=1S/C14H28N2O3S/c1-4-12(5-6-13(17)18)7-8-15-14(19)16-9-11(2)10-20-3/h11-12H,4-10H2,1-3H3,(H,17,18)(H2,15,16,19). The quantitative estimate of drug-likeness (QED) is 0.548. The normalized spacial score (nSPS) is 13.6. The SMILES string of the molecule is CCC(CCNC(=O)NCC(C)CSC)CCC(=O)O. The molecular formula is C14H28N2O3S. The van der Waals surface area contributed by atoms with Crippen LogP contribution in [0.4, 0.5) is 4.79 Å². The van der Waals surface area contributed by atoms with Gasteiger partial charge in [-0.05, 0) is 36.7 Å². The number of hydrogen-bond donors (Lipinski definition) is 3. The lowest BCUT2D eigenvalue weighted by molar-refractivity contribution is -0.137. The van der Waals surface area contributed by atoms with E-state index in [4.69, 9.17) is 5.11 Å². The molecule has 0 radical (unpaired) electrons. The molecular weight excluding hydrogens is 276 g/mol. The molecule has 5 nitrogen and oxygen atoms in total. The van der Waals surface area contributed by atoms with E-state index >= 15 is 0 Å². The van der Waals surface area contributed by atoms with Crippen molar-refractivity contribution in [2.24, 2.45) is 11.8 Å². The van der Waals surface area contributed by atoms with Crippen molar-refractivity contribution < 1.29 is 14.7 Å². The fraction of sp³-hybridized carbons (Fsp3) is 0.857. The zero-order chi connectivity index (χ0) is 15.4. The second-order valence-electron chi connectivity index (χ2n) is 5.19. The molecule has 0 aliphatic rings. The number of thioether (sulfide) groups is 1. The third kappa shape index (κ3) is 11.0. The Balaban J connectivity index is 3.69. The molecule has 0 bridgehead atoms. The molecule has 0 aliphatic heterocycles. The summed E-state index contributed by atoms with van der Waals surface area (Å²) >= 11 is 1.77. The van der Waals surface area contributed by atoms with E-state index in [1.165, 1.54) is 0 Å². The summed E-state index contributed by atoms with van der Waals surface area (Å²) in [6.07, 6.45) is 4.72. The molecule has 2 amide bonds. The molecule has 0 aromatic carbocycles. The topological polar surface area (TPSA) is 78.4 Å². The maximum atomic E-state index is 11.6. The van der Waals surface area contributed by atoms with Crippen molar-refractivity contribution >= 4 is 23.8 Å². The summed E-state index contributed by atoms with van der Waals surface area (Å²) in [6.45, 7) is 5.44. The van der Waals surface area contributed by atoms with Crippen molar-refractivity contribution in [1.29, 1.82) is 0 Å². The molecule has 0 rings (SSSR count). The summed E-state index contributed by atoms with van der Waals surface area (Å²) in [5.74, 6) is 1.11. The van der Waals surface area contributed by atoms with Crippen LogP contribution in [0.15, 0.2) is 0 Å². The molecule has 2 unspecified atom stereocenters. The predicted molar refractivity (Wildman–Crippen MR) is 84.2 cm³/mol. The van der Waals surface area contributed by atoms with E-state index in [0.717, 1.165) is 18.6 Å². The lowest BCUT2D eigenvalue weighted by Crippen LogP contribution is -2.39. The fourth-order valence-electron chi connectivity index (χ4n) is 1.94. The summed E-state index contributed by atoms with van der Waals surface area (Å²) in [5, 5.41) is 14.3. The highest BCUT2D eigenvalue weighted by Gasteiger charge is 2.10. The first-order valence-corrected chi connectivity index (χ1v) is 8.61. The maximum Gasteiger partial charge on any atom is 0.314 e. The largest absolute Gasteiger partial charge is 0.481 e. The first-order valence-electron chi connectivity index (χ1n) is 7.22. The van der Waals surface area contributed by atoms with Crippen molar-refractivity contribution in [2.45, 2.75) is 39.5 Å². The van der Waals surface area contributed by atoms with Gasteiger partial charge in [0.1, 0.15) is 0 Å². The van der Waals surface area contributed by atoms with Crippen LogP contribution in [0, 0.1) is 11.8 Å². The van der Waals surface area contributed by atoms with Crippen LogP contribution in [0.25, 0.3) is 0 Å². The summed E-state index contributed by atoms with van der Waals surface area (Å²) in [6, 6.07) is -0.133. The summed E-state index contributed by atoms with van der Waals surface area (Å²) in [4.78, 5) is 22.1. The minimum atomic E-state index is -0.753. The van der Waals surface area contributed by atoms with Crippen molar-refractivity contribution in [3.05, 3.63) is 0 Å². The maximum absolute atomic E-state index is 11.6. The molecule has 118 valence electrons. The van der Waals surface area contributed by atoms with Gasteiger partial charge in [0.05, 0.1) is 0 Å². The number of carboxylic acid groups (broad SMARTS) is 1. The molecule has 0 saturated carbocycles. The minimum Gasteiger partial charge on any atom is -0.481 e. The second kappa shape index (κ2) is 11.9.